The molecule has 0 aliphatic rings. The van der Waals surface area contributed by atoms with Gasteiger partial charge in [0.25, 0.3) is 0 Å². The van der Waals surface area contributed by atoms with Gasteiger partial charge in [-0.05, 0) is 38.8 Å². The second kappa shape index (κ2) is 8.05. The summed E-state index contributed by atoms with van der Waals surface area (Å²) in [5, 5.41) is 0. The molecule has 0 spiro atoms. The van der Waals surface area contributed by atoms with Crippen molar-refractivity contribution < 1.29 is 9.53 Å². The van der Waals surface area contributed by atoms with Crippen molar-refractivity contribution >= 4 is 5.97 Å². The number of benzene rings is 1. The van der Waals surface area contributed by atoms with E-state index in [1.54, 1.807) is 0 Å². The molecule has 3 nitrogen and oxygen atoms in total. The van der Waals surface area contributed by atoms with Crippen LogP contribution in [0.25, 0.3) is 0 Å². The molecule has 0 saturated carbocycles. The predicted octanol–water partition coefficient (Wildman–Crippen LogP) is 3.14. The fourth-order valence-corrected chi connectivity index (χ4v) is 2.35. The smallest absolute Gasteiger partial charge is 0.323 e. The lowest BCUT2D eigenvalue weighted by Gasteiger charge is -2.30. The van der Waals surface area contributed by atoms with Crippen LogP contribution in [0.2, 0.25) is 0 Å². The Bertz CT molecular complexity index is 401. The highest BCUT2D eigenvalue weighted by atomic mass is 16.5. The Balaban J connectivity index is 2.60. The van der Waals surface area contributed by atoms with Crippen molar-refractivity contribution in [3.8, 4) is 0 Å². The van der Waals surface area contributed by atoms with Crippen LogP contribution in [-0.2, 0) is 16.0 Å². The van der Waals surface area contributed by atoms with E-state index < -0.39 is 0 Å². The van der Waals surface area contributed by atoms with Crippen LogP contribution >= 0.6 is 0 Å². The highest BCUT2D eigenvalue weighted by molar-refractivity contribution is 5.76. The molecule has 1 atom stereocenters. The molecule has 20 heavy (non-hydrogen) atoms. The lowest BCUT2D eigenvalue weighted by molar-refractivity contribution is -0.155. The van der Waals surface area contributed by atoms with Crippen molar-refractivity contribution in [1.29, 1.82) is 0 Å². The average Bonchev–Trinajstić information content (AvgIpc) is 2.36. The van der Waals surface area contributed by atoms with E-state index in [4.69, 9.17) is 4.74 Å². The summed E-state index contributed by atoms with van der Waals surface area (Å²) in [6.07, 6.45) is 0.876. The van der Waals surface area contributed by atoms with Crippen molar-refractivity contribution in [2.75, 3.05) is 13.6 Å². The Labute approximate surface area is 122 Å². The van der Waals surface area contributed by atoms with E-state index >= 15 is 0 Å². The third kappa shape index (κ3) is 5.33. The van der Waals surface area contributed by atoms with E-state index in [2.05, 4.69) is 30.9 Å². The van der Waals surface area contributed by atoms with Crippen LogP contribution in [-0.4, -0.2) is 36.6 Å². The van der Waals surface area contributed by atoms with Crippen molar-refractivity contribution in [2.24, 2.45) is 5.92 Å². The van der Waals surface area contributed by atoms with Gasteiger partial charge in [0.05, 0.1) is 6.10 Å². The van der Waals surface area contributed by atoms with E-state index in [-0.39, 0.29) is 24.0 Å². The van der Waals surface area contributed by atoms with Crippen LogP contribution in [0.1, 0.15) is 33.3 Å². The molecule has 1 unspecified atom stereocenters. The standard InChI is InChI=1S/C17H27NO2/c1-13(2)16(17(19)20-14(3)4)18(5)12-11-15-9-7-6-8-10-15/h6-10,13-14,16H,11-12H2,1-5H3. The lowest BCUT2D eigenvalue weighted by atomic mass is 10.0. The molecule has 0 heterocycles. The van der Waals surface area contributed by atoms with E-state index in [9.17, 15) is 4.79 Å². The molecule has 0 N–H and O–H groups in total. The molecule has 0 aliphatic heterocycles. The molecular weight excluding hydrogens is 250 g/mol. The summed E-state index contributed by atoms with van der Waals surface area (Å²) in [5.74, 6) is 0.118. The first kappa shape index (κ1) is 16.7. The van der Waals surface area contributed by atoms with Gasteiger partial charge in [0, 0.05) is 6.54 Å². The molecule has 0 amide bonds. The van der Waals surface area contributed by atoms with Crippen molar-refractivity contribution in [3.05, 3.63) is 35.9 Å². The zero-order chi connectivity index (χ0) is 15.1. The van der Waals surface area contributed by atoms with Gasteiger partial charge in [-0.2, -0.15) is 0 Å². The zero-order valence-corrected chi connectivity index (χ0v) is 13.3. The quantitative estimate of drug-likeness (QED) is 0.717. The number of carbonyl (C=O) groups is 1. The molecule has 3 heteroatoms. The summed E-state index contributed by atoms with van der Waals surface area (Å²) >= 11 is 0. The first-order valence-electron chi connectivity index (χ1n) is 7.36. The van der Waals surface area contributed by atoms with Gasteiger partial charge in [-0.15, -0.1) is 0 Å². The van der Waals surface area contributed by atoms with Gasteiger partial charge in [0.2, 0.25) is 0 Å². The summed E-state index contributed by atoms with van der Waals surface area (Å²) in [7, 11) is 2.00. The SMILES string of the molecule is CC(C)OC(=O)C(C(C)C)N(C)CCc1ccccc1. The summed E-state index contributed by atoms with van der Waals surface area (Å²) < 4.78 is 5.37. The summed E-state index contributed by atoms with van der Waals surface area (Å²) in [6, 6.07) is 10.2. The molecule has 0 saturated heterocycles. The number of esters is 1. The fourth-order valence-electron chi connectivity index (χ4n) is 2.35. The van der Waals surface area contributed by atoms with E-state index in [1.807, 2.05) is 39.1 Å². The molecule has 112 valence electrons. The fraction of sp³-hybridized carbons (Fsp3) is 0.588. The van der Waals surface area contributed by atoms with Gasteiger partial charge in [-0.3, -0.25) is 9.69 Å². The first-order valence-corrected chi connectivity index (χ1v) is 7.36. The van der Waals surface area contributed by atoms with E-state index in [1.165, 1.54) is 5.56 Å². The summed E-state index contributed by atoms with van der Waals surface area (Å²) in [4.78, 5) is 14.3. The second-order valence-corrected chi connectivity index (χ2v) is 5.89. The molecular formula is C17H27NO2. The van der Waals surface area contributed by atoms with Crippen molar-refractivity contribution in [3.63, 3.8) is 0 Å². The highest BCUT2D eigenvalue weighted by Gasteiger charge is 2.28. The maximum Gasteiger partial charge on any atom is 0.323 e. The first-order chi connectivity index (χ1) is 9.41. The van der Waals surface area contributed by atoms with Gasteiger partial charge in [0.15, 0.2) is 0 Å². The van der Waals surface area contributed by atoms with E-state index in [0.717, 1.165) is 13.0 Å². The minimum Gasteiger partial charge on any atom is -0.462 e. The van der Waals surface area contributed by atoms with Crippen LogP contribution < -0.4 is 0 Å². The Morgan fingerprint density at radius 3 is 2.25 bits per heavy atom. The molecule has 1 aromatic carbocycles. The Morgan fingerprint density at radius 2 is 1.75 bits per heavy atom. The molecule has 1 rings (SSSR count). The van der Waals surface area contributed by atoms with Crippen LogP contribution in [0.5, 0.6) is 0 Å². The molecule has 0 bridgehead atoms. The normalized spacial score (nSPS) is 13.0. The Morgan fingerprint density at radius 1 is 1.15 bits per heavy atom. The zero-order valence-electron chi connectivity index (χ0n) is 13.3. The minimum absolute atomic E-state index is 0.0636. The van der Waals surface area contributed by atoms with Crippen LogP contribution in [0.3, 0.4) is 0 Å². The number of nitrogens with zero attached hydrogens (tertiary/aromatic N) is 1. The summed E-state index contributed by atoms with van der Waals surface area (Å²) in [5.41, 5.74) is 1.29. The Hall–Kier alpha value is -1.35. The van der Waals surface area contributed by atoms with Crippen molar-refractivity contribution in [1.82, 2.24) is 4.90 Å². The molecule has 0 aromatic heterocycles. The number of carbonyl (C=O) groups excluding carboxylic acids is 1. The lowest BCUT2D eigenvalue weighted by Crippen LogP contribution is -2.45. The third-order valence-electron chi connectivity index (χ3n) is 3.30. The van der Waals surface area contributed by atoms with Crippen LogP contribution in [0.15, 0.2) is 30.3 Å². The number of hydrogen-bond donors (Lipinski definition) is 0. The number of ether oxygens (including phenoxy) is 1. The minimum atomic E-state index is -0.180. The largest absolute Gasteiger partial charge is 0.462 e. The third-order valence-corrected chi connectivity index (χ3v) is 3.30. The molecule has 0 radical (unpaired) electrons. The van der Waals surface area contributed by atoms with E-state index in [0.29, 0.717) is 0 Å². The average molecular weight is 277 g/mol. The number of rotatable bonds is 7. The van der Waals surface area contributed by atoms with Gasteiger partial charge in [-0.25, -0.2) is 0 Å². The molecule has 0 fully saturated rings. The second-order valence-electron chi connectivity index (χ2n) is 5.89. The van der Waals surface area contributed by atoms with Gasteiger partial charge in [-0.1, -0.05) is 44.2 Å². The van der Waals surface area contributed by atoms with Crippen LogP contribution in [0, 0.1) is 5.92 Å². The van der Waals surface area contributed by atoms with Crippen LogP contribution in [0.4, 0.5) is 0 Å². The van der Waals surface area contributed by atoms with Gasteiger partial charge in [0.1, 0.15) is 6.04 Å². The molecule has 1 aromatic rings. The summed E-state index contributed by atoms with van der Waals surface area (Å²) in [6.45, 7) is 8.75. The van der Waals surface area contributed by atoms with Crippen molar-refractivity contribution in [2.45, 2.75) is 46.3 Å². The maximum atomic E-state index is 12.2. The number of likely N-dealkylation sites (N-methyl/N-ethyl adjacent to an activating group) is 1. The Kier molecular flexibility index (Phi) is 6.73. The topological polar surface area (TPSA) is 29.5 Å². The maximum absolute atomic E-state index is 12.2. The van der Waals surface area contributed by atoms with Gasteiger partial charge >= 0.3 is 5.97 Å². The predicted molar refractivity (Wildman–Crippen MR) is 82.6 cm³/mol. The monoisotopic (exact) mass is 277 g/mol. The number of hydrogen-bond acceptors (Lipinski definition) is 3. The molecule has 0 aliphatic carbocycles. The highest BCUT2D eigenvalue weighted by Crippen LogP contribution is 2.13. The van der Waals surface area contributed by atoms with Gasteiger partial charge < -0.3 is 4.74 Å².